The van der Waals surface area contributed by atoms with Gasteiger partial charge >= 0.3 is 0 Å². The van der Waals surface area contributed by atoms with Crippen molar-refractivity contribution in [1.29, 1.82) is 0 Å². The van der Waals surface area contributed by atoms with Gasteiger partial charge in [0.1, 0.15) is 11.6 Å². The number of carbonyl (C=O) groups is 1. The van der Waals surface area contributed by atoms with Crippen molar-refractivity contribution in [1.82, 2.24) is 4.90 Å². The molecule has 0 bridgehead atoms. The second kappa shape index (κ2) is 5.72. The number of halogens is 2. The van der Waals surface area contributed by atoms with Crippen LogP contribution in [0.3, 0.4) is 0 Å². The van der Waals surface area contributed by atoms with Crippen molar-refractivity contribution in [2.24, 2.45) is 0 Å². The fourth-order valence-corrected chi connectivity index (χ4v) is 3.32. The van der Waals surface area contributed by atoms with E-state index < -0.39 is 11.6 Å². The third kappa shape index (κ3) is 3.23. The summed E-state index contributed by atoms with van der Waals surface area (Å²) in [6.07, 6.45) is 4.04. The molecule has 21 heavy (non-hydrogen) atoms. The number of nitrogens with zero attached hydrogens (tertiary/aromatic N) is 1. The van der Waals surface area contributed by atoms with Crippen LogP contribution in [0.4, 0.5) is 8.78 Å². The molecule has 0 N–H and O–H groups in total. The molecular formula is C16H19F2NO2. The fourth-order valence-electron chi connectivity index (χ4n) is 3.32. The third-order valence-electron chi connectivity index (χ3n) is 4.47. The van der Waals surface area contributed by atoms with Gasteiger partial charge in [-0.25, -0.2) is 8.78 Å². The molecule has 2 aliphatic rings. The van der Waals surface area contributed by atoms with E-state index >= 15 is 0 Å². The lowest BCUT2D eigenvalue weighted by molar-refractivity contribution is -0.131. The number of ether oxygens (including phenoxy) is 1. The highest BCUT2D eigenvalue weighted by atomic mass is 19.1. The maximum absolute atomic E-state index is 13.2. The first-order chi connectivity index (χ1) is 10.1. The van der Waals surface area contributed by atoms with Gasteiger partial charge in [-0.2, -0.15) is 0 Å². The van der Waals surface area contributed by atoms with Crippen LogP contribution in [0.1, 0.15) is 37.7 Å². The summed E-state index contributed by atoms with van der Waals surface area (Å²) in [7, 11) is 0. The summed E-state index contributed by atoms with van der Waals surface area (Å²) in [5.41, 5.74) is 0.335. The summed E-state index contributed by atoms with van der Waals surface area (Å²) in [5.74, 6) is -1.18. The molecule has 0 aromatic heterocycles. The topological polar surface area (TPSA) is 29.5 Å². The zero-order chi connectivity index (χ0) is 14.9. The van der Waals surface area contributed by atoms with Crippen LogP contribution in [0.15, 0.2) is 18.2 Å². The molecule has 0 aliphatic carbocycles. The van der Waals surface area contributed by atoms with Crippen LogP contribution in [-0.4, -0.2) is 29.6 Å². The van der Waals surface area contributed by atoms with E-state index in [4.69, 9.17) is 4.74 Å². The van der Waals surface area contributed by atoms with E-state index in [0.29, 0.717) is 18.5 Å². The predicted molar refractivity (Wildman–Crippen MR) is 73.5 cm³/mol. The quantitative estimate of drug-likeness (QED) is 0.839. The Morgan fingerprint density at radius 2 is 1.90 bits per heavy atom. The van der Waals surface area contributed by atoms with Crippen molar-refractivity contribution in [3.63, 3.8) is 0 Å². The Kier molecular flexibility index (Phi) is 3.93. The van der Waals surface area contributed by atoms with Crippen molar-refractivity contribution in [2.45, 2.75) is 44.2 Å². The number of likely N-dealkylation sites (tertiary alicyclic amines) is 1. The van der Waals surface area contributed by atoms with E-state index in [9.17, 15) is 13.6 Å². The number of carbonyl (C=O) groups excluding carboxylic acids is 1. The van der Waals surface area contributed by atoms with Crippen LogP contribution in [0.5, 0.6) is 0 Å². The first-order valence-corrected chi connectivity index (χ1v) is 7.43. The number of amides is 1. The summed E-state index contributed by atoms with van der Waals surface area (Å²) in [4.78, 5) is 13.9. The lowest BCUT2D eigenvalue weighted by Crippen LogP contribution is -2.32. The first-order valence-electron chi connectivity index (χ1n) is 7.43. The van der Waals surface area contributed by atoms with Gasteiger partial charge in [-0.3, -0.25) is 4.79 Å². The summed E-state index contributed by atoms with van der Waals surface area (Å²) in [6, 6.07) is 3.40. The summed E-state index contributed by atoms with van der Waals surface area (Å²) >= 11 is 0. The van der Waals surface area contributed by atoms with Gasteiger partial charge in [0, 0.05) is 32.2 Å². The van der Waals surface area contributed by atoms with Gasteiger partial charge < -0.3 is 9.64 Å². The van der Waals surface area contributed by atoms with Crippen LogP contribution in [0.2, 0.25) is 0 Å². The summed E-state index contributed by atoms with van der Waals surface area (Å²) in [6.45, 7) is 1.60. The molecule has 1 spiro atoms. The molecule has 5 heteroatoms. The molecule has 2 fully saturated rings. The monoisotopic (exact) mass is 295 g/mol. The van der Waals surface area contributed by atoms with Gasteiger partial charge in [0.15, 0.2) is 0 Å². The summed E-state index contributed by atoms with van der Waals surface area (Å²) < 4.78 is 32.3. The van der Waals surface area contributed by atoms with E-state index in [2.05, 4.69) is 0 Å². The molecule has 3 nitrogen and oxygen atoms in total. The van der Waals surface area contributed by atoms with E-state index in [1.807, 2.05) is 0 Å². The number of benzene rings is 1. The van der Waals surface area contributed by atoms with E-state index in [1.54, 1.807) is 4.90 Å². The Bertz CT molecular complexity index is 521. The predicted octanol–water partition coefficient (Wildman–Crippen LogP) is 3.03. The van der Waals surface area contributed by atoms with Gasteiger partial charge in [-0.15, -0.1) is 0 Å². The molecule has 1 amide bonds. The highest BCUT2D eigenvalue weighted by Gasteiger charge is 2.38. The van der Waals surface area contributed by atoms with Crippen molar-refractivity contribution in [2.75, 3.05) is 13.2 Å². The molecule has 0 saturated carbocycles. The molecule has 114 valence electrons. The average molecular weight is 295 g/mol. The van der Waals surface area contributed by atoms with E-state index in [-0.39, 0.29) is 18.1 Å². The largest absolute Gasteiger partial charge is 0.375 e. The molecule has 3 rings (SSSR count). The zero-order valence-corrected chi connectivity index (χ0v) is 11.9. The molecule has 1 aromatic rings. The normalized spacial score (nSPS) is 26.4. The Labute approximate surface area is 122 Å². The lowest BCUT2D eigenvalue weighted by atomic mass is 9.92. The van der Waals surface area contributed by atoms with Crippen molar-refractivity contribution in [3.8, 4) is 0 Å². The molecule has 0 unspecified atom stereocenters. The standard InChI is InChI=1S/C16H19F2NO2/c17-13-8-12(9-14(18)10-13)11-19-6-5-16(3-1-7-21-16)4-2-15(19)20/h8-10H,1-7,11H2/t16-/m1/s1. The maximum Gasteiger partial charge on any atom is 0.222 e. The molecule has 1 atom stereocenters. The molecule has 0 radical (unpaired) electrons. The minimum absolute atomic E-state index is 0.0343. The minimum atomic E-state index is -0.608. The maximum atomic E-state index is 13.2. The molecule has 2 heterocycles. The number of rotatable bonds is 2. The highest BCUT2D eigenvalue weighted by Crippen LogP contribution is 2.36. The van der Waals surface area contributed by atoms with Crippen LogP contribution < -0.4 is 0 Å². The fraction of sp³-hybridized carbons (Fsp3) is 0.562. The Morgan fingerprint density at radius 1 is 1.14 bits per heavy atom. The van der Waals surface area contributed by atoms with Gasteiger partial charge in [0.2, 0.25) is 5.91 Å². The zero-order valence-electron chi connectivity index (χ0n) is 11.9. The van der Waals surface area contributed by atoms with Gasteiger partial charge in [0.05, 0.1) is 5.60 Å². The first kappa shape index (κ1) is 14.4. The number of hydrogen-bond acceptors (Lipinski definition) is 2. The lowest BCUT2D eigenvalue weighted by Gasteiger charge is -2.26. The van der Waals surface area contributed by atoms with Gasteiger partial charge in [-0.05, 0) is 43.4 Å². The molecule has 2 saturated heterocycles. The minimum Gasteiger partial charge on any atom is -0.375 e. The van der Waals surface area contributed by atoms with Crippen LogP contribution >= 0.6 is 0 Å². The van der Waals surface area contributed by atoms with Gasteiger partial charge in [0.25, 0.3) is 0 Å². The second-order valence-electron chi connectivity index (χ2n) is 5.98. The Morgan fingerprint density at radius 3 is 2.57 bits per heavy atom. The van der Waals surface area contributed by atoms with E-state index in [0.717, 1.165) is 38.4 Å². The Balaban J connectivity index is 1.71. The number of hydrogen-bond donors (Lipinski definition) is 0. The van der Waals surface area contributed by atoms with Crippen molar-refractivity contribution in [3.05, 3.63) is 35.4 Å². The van der Waals surface area contributed by atoms with Crippen LogP contribution in [0.25, 0.3) is 0 Å². The highest BCUT2D eigenvalue weighted by molar-refractivity contribution is 5.76. The molecular weight excluding hydrogens is 276 g/mol. The molecule has 1 aromatic carbocycles. The summed E-state index contributed by atoms with van der Waals surface area (Å²) in [5, 5.41) is 0. The van der Waals surface area contributed by atoms with Crippen LogP contribution in [0, 0.1) is 11.6 Å². The van der Waals surface area contributed by atoms with Crippen molar-refractivity contribution >= 4 is 5.91 Å². The average Bonchev–Trinajstić information content (AvgIpc) is 2.83. The van der Waals surface area contributed by atoms with Crippen molar-refractivity contribution < 1.29 is 18.3 Å². The third-order valence-corrected chi connectivity index (χ3v) is 4.47. The van der Waals surface area contributed by atoms with Gasteiger partial charge in [-0.1, -0.05) is 0 Å². The SMILES string of the molecule is O=C1CC[C@]2(CCCO2)CCN1Cc1cc(F)cc(F)c1. The molecule has 2 aliphatic heterocycles. The van der Waals surface area contributed by atoms with Crippen LogP contribution in [-0.2, 0) is 16.1 Å². The smallest absolute Gasteiger partial charge is 0.222 e. The second-order valence-corrected chi connectivity index (χ2v) is 5.98. The Hall–Kier alpha value is -1.49. The van der Waals surface area contributed by atoms with E-state index in [1.165, 1.54) is 12.1 Å².